The molecule has 3 aromatic carbocycles. The summed E-state index contributed by atoms with van der Waals surface area (Å²) in [5.74, 6) is 1.31. The Morgan fingerprint density at radius 1 is 0.902 bits per heavy atom. The molecule has 41 heavy (non-hydrogen) atoms. The molecule has 2 N–H and O–H groups in total. The minimum atomic E-state index is -1.94. The second kappa shape index (κ2) is 11.7. The first-order chi connectivity index (χ1) is 19.8. The molecule has 1 fully saturated rings. The highest BCUT2D eigenvalue weighted by Gasteiger charge is 2.47. The summed E-state index contributed by atoms with van der Waals surface area (Å²) in [4.78, 5) is 26.4. The topological polar surface area (TPSA) is 112 Å². The summed E-state index contributed by atoms with van der Waals surface area (Å²) in [6.45, 7) is 1.26. The van der Waals surface area contributed by atoms with Crippen molar-refractivity contribution in [1.82, 2.24) is 9.55 Å². The van der Waals surface area contributed by atoms with Crippen LogP contribution < -0.4 is 20.7 Å². The van der Waals surface area contributed by atoms with Gasteiger partial charge < -0.3 is 24.1 Å². The van der Waals surface area contributed by atoms with Gasteiger partial charge >= 0.3 is 5.69 Å². The molecule has 2 heterocycles. The van der Waals surface area contributed by atoms with Crippen molar-refractivity contribution in [2.45, 2.75) is 37.1 Å². The molecule has 0 bridgehead atoms. The number of hydrogen-bond donors (Lipinski definition) is 2. The fourth-order valence-electron chi connectivity index (χ4n) is 5.12. The van der Waals surface area contributed by atoms with Gasteiger partial charge in [0.2, 0.25) is 0 Å². The normalized spacial score (nSPS) is 20.6. The summed E-state index contributed by atoms with van der Waals surface area (Å²) < 4.78 is 39.6. The van der Waals surface area contributed by atoms with Crippen LogP contribution >= 0.6 is 0 Å². The molecule has 1 aromatic heterocycles. The number of methoxy groups -OCH3 is 2. The van der Waals surface area contributed by atoms with Gasteiger partial charge in [0.15, 0.2) is 12.4 Å². The summed E-state index contributed by atoms with van der Waals surface area (Å²) in [5, 5.41) is 10.8. The predicted octanol–water partition coefficient (Wildman–Crippen LogP) is 3.47. The van der Waals surface area contributed by atoms with Gasteiger partial charge in [-0.05, 0) is 47.9 Å². The van der Waals surface area contributed by atoms with E-state index in [1.54, 1.807) is 14.2 Å². The van der Waals surface area contributed by atoms with Gasteiger partial charge in [-0.15, -0.1) is 0 Å². The molecule has 4 atom stereocenters. The number of nitrogens with one attached hydrogen (secondary N) is 1. The SMILES string of the molecule is COc1ccc(C(OC[C@H]2OC(n3cc(C)c(=O)[nH]c3=O)[C@@H](F)[C@@H]2O)(c2ccccc2)c2ccc(OC)cc2)cc1. The van der Waals surface area contributed by atoms with Crippen molar-refractivity contribution in [2.24, 2.45) is 0 Å². The van der Waals surface area contributed by atoms with Crippen molar-refractivity contribution < 1.29 is 28.4 Å². The lowest BCUT2D eigenvalue weighted by molar-refractivity contribution is -0.0950. The number of aromatic nitrogens is 2. The van der Waals surface area contributed by atoms with E-state index in [-0.39, 0.29) is 12.2 Å². The molecule has 0 radical (unpaired) electrons. The largest absolute Gasteiger partial charge is 0.497 e. The van der Waals surface area contributed by atoms with E-state index in [4.69, 9.17) is 18.9 Å². The molecule has 10 heteroatoms. The Morgan fingerprint density at radius 3 is 1.98 bits per heavy atom. The van der Waals surface area contributed by atoms with Crippen LogP contribution in [0.2, 0.25) is 0 Å². The van der Waals surface area contributed by atoms with Crippen LogP contribution in [0.5, 0.6) is 11.5 Å². The van der Waals surface area contributed by atoms with Crippen molar-refractivity contribution in [2.75, 3.05) is 20.8 Å². The Kier molecular flexibility index (Phi) is 8.07. The van der Waals surface area contributed by atoms with Gasteiger partial charge in [-0.2, -0.15) is 0 Å². The minimum Gasteiger partial charge on any atom is -0.497 e. The van der Waals surface area contributed by atoms with Crippen LogP contribution in [0.3, 0.4) is 0 Å². The summed E-state index contributed by atoms with van der Waals surface area (Å²) in [6.07, 6.45) is -4.90. The molecule has 4 aromatic rings. The standard InChI is InChI=1S/C31H31FN2O7/c1-19-17-34(30(37)33-28(19)36)29-26(32)27(35)25(41-29)18-40-31(20-7-5-4-6-8-20,21-9-13-23(38-2)14-10-21)22-11-15-24(39-3)16-12-22/h4-17,25-27,29,35H,18H2,1-3H3,(H,33,36,37)/t25-,26+,27-,29?/m1/s1. The van der Waals surface area contributed by atoms with E-state index < -0.39 is 41.5 Å². The number of ether oxygens (including phenoxy) is 4. The van der Waals surface area contributed by atoms with Crippen molar-refractivity contribution in [3.63, 3.8) is 0 Å². The smallest absolute Gasteiger partial charge is 0.330 e. The maximum Gasteiger partial charge on any atom is 0.330 e. The lowest BCUT2D eigenvalue weighted by atomic mass is 9.80. The molecule has 1 aliphatic rings. The lowest BCUT2D eigenvalue weighted by Crippen LogP contribution is -2.39. The number of H-pyrrole nitrogens is 1. The maximum absolute atomic E-state index is 15.4. The lowest BCUT2D eigenvalue weighted by Gasteiger charge is -2.37. The van der Waals surface area contributed by atoms with Gasteiger partial charge in [0.05, 0.1) is 20.8 Å². The minimum absolute atomic E-state index is 0.205. The van der Waals surface area contributed by atoms with Crippen LogP contribution in [-0.2, 0) is 15.1 Å². The number of hydrogen-bond acceptors (Lipinski definition) is 7. The highest BCUT2D eigenvalue weighted by atomic mass is 19.1. The van der Waals surface area contributed by atoms with Crippen molar-refractivity contribution in [3.8, 4) is 11.5 Å². The monoisotopic (exact) mass is 562 g/mol. The molecule has 1 saturated heterocycles. The Balaban J connectivity index is 1.56. The fourth-order valence-corrected chi connectivity index (χ4v) is 5.12. The molecular formula is C31H31FN2O7. The molecule has 0 spiro atoms. The Bertz CT molecular complexity index is 1540. The number of aliphatic hydroxyl groups is 1. The van der Waals surface area contributed by atoms with E-state index in [0.717, 1.165) is 21.3 Å². The maximum atomic E-state index is 15.4. The highest BCUT2D eigenvalue weighted by Crippen LogP contribution is 2.43. The number of halogens is 1. The number of aromatic amines is 1. The van der Waals surface area contributed by atoms with Gasteiger partial charge in [-0.3, -0.25) is 14.3 Å². The number of aliphatic hydroxyl groups excluding tert-OH is 1. The second-order valence-corrected chi connectivity index (χ2v) is 9.79. The third-order valence-corrected chi connectivity index (χ3v) is 7.35. The van der Waals surface area contributed by atoms with Gasteiger partial charge in [0, 0.05) is 11.8 Å². The Hall–Kier alpha value is -4.25. The third-order valence-electron chi connectivity index (χ3n) is 7.35. The summed E-state index contributed by atoms with van der Waals surface area (Å²) in [7, 11) is 3.16. The number of nitrogens with zero attached hydrogens (tertiary/aromatic N) is 1. The predicted molar refractivity (Wildman–Crippen MR) is 149 cm³/mol. The van der Waals surface area contributed by atoms with Crippen LogP contribution in [-0.4, -0.2) is 53.9 Å². The molecule has 1 aliphatic heterocycles. The quantitative estimate of drug-likeness (QED) is 0.301. The molecule has 214 valence electrons. The number of alkyl halides is 1. The number of aryl methyl sites for hydroxylation is 1. The molecule has 0 aliphatic carbocycles. The van der Waals surface area contributed by atoms with E-state index in [9.17, 15) is 14.7 Å². The molecular weight excluding hydrogens is 531 g/mol. The first-order valence-corrected chi connectivity index (χ1v) is 13.1. The molecule has 0 amide bonds. The highest BCUT2D eigenvalue weighted by molar-refractivity contribution is 5.49. The second-order valence-electron chi connectivity index (χ2n) is 9.79. The van der Waals surface area contributed by atoms with E-state index in [1.807, 2.05) is 78.9 Å². The van der Waals surface area contributed by atoms with E-state index >= 15 is 4.39 Å². The first-order valence-electron chi connectivity index (χ1n) is 13.1. The van der Waals surface area contributed by atoms with Gasteiger partial charge in [0.25, 0.3) is 5.56 Å². The van der Waals surface area contributed by atoms with E-state index in [0.29, 0.717) is 11.5 Å². The zero-order valence-electron chi connectivity index (χ0n) is 22.8. The summed E-state index contributed by atoms with van der Waals surface area (Å²) in [6, 6.07) is 24.3. The Labute approximate surface area is 235 Å². The molecule has 1 unspecified atom stereocenters. The Morgan fingerprint density at radius 2 is 1.44 bits per heavy atom. The van der Waals surface area contributed by atoms with E-state index in [1.165, 1.54) is 13.1 Å². The first kappa shape index (κ1) is 28.3. The zero-order chi connectivity index (χ0) is 29.1. The van der Waals surface area contributed by atoms with Gasteiger partial charge in [-0.25, -0.2) is 9.18 Å². The fraction of sp³-hybridized carbons (Fsp3) is 0.290. The molecule has 5 rings (SSSR count). The summed E-state index contributed by atoms with van der Waals surface area (Å²) in [5.41, 5.74) is -0.131. The van der Waals surface area contributed by atoms with Gasteiger partial charge in [-0.1, -0.05) is 54.6 Å². The average molecular weight is 563 g/mol. The van der Waals surface area contributed by atoms with Crippen LogP contribution in [0.25, 0.3) is 0 Å². The van der Waals surface area contributed by atoms with Crippen LogP contribution in [0.1, 0.15) is 28.5 Å². The van der Waals surface area contributed by atoms with Crippen LogP contribution in [0, 0.1) is 6.92 Å². The van der Waals surface area contributed by atoms with Crippen LogP contribution in [0.15, 0.2) is 94.6 Å². The number of rotatable bonds is 9. The zero-order valence-corrected chi connectivity index (χ0v) is 22.8. The molecule has 0 saturated carbocycles. The summed E-state index contributed by atoms with van der Waals surface area (Å²) >= 11 is 0. The van der Waals surface area contributed by atoms with Crippen LogP contribution in [0.4, 0.5) is 4.39 Å². The van der Waals surface area contributed by atoms with Crippen molar-refractivity contribution >= 4 is 0 Å². The van der Waals surface area contributed by atoms with Gasteiger partial charge in [0.1, 0.15) is 29.3 Å². The average Bonchev–Trinajstić information content (AvgIpc) is 3.29. The van der Waals surface area contributed by atoms with Crippen molar-refractivity contribution in [1.29, 1.82) is 0 Å². The van der Waals surface area contributed by atoms with Crippen molar-refractivity contribution in [3.05, 3.63) is 128 Å². The van der Waals surface area contributed by atoms with E-state index in [2.05, 4.69) is 4.98 Å². The third kappa shape index (κ3) is 5.29. The molecule has 9 nitrogen and oxygen atoms in total. The number of benzene rings is 3.